The normalized spacial score (nSPS) is 16.8. The minimum atomic E-state index is -0.296. The van der Waals surface area contributed by atoms with Crippen LogP contribution in [0.3, 0.4) is 0 Å². The van der Waals surface area contributed by atoms with Gasteiger partial charge in [0.1, 0.15) is 17.7 Å². The van der Waals surface area contributed by atoms with Crippen LogP contribution < -0.4 is 15.4 Å². The van der Waals surface area contributed by atoms with E-state index in [4.69, 9.17) is 9.47 Å². The number of aliphatic imine (C=N–C) groups is 1. The first-order valence-electron chi connectivity index (χ1n) is 10.8. The van der Waals surface area contributed by atoms with Crippen LogP contribution in [0.25, 0.3) is 0 Å². The van der Waals surface area contributed by atoms with Crippen molar-refractivity contribution in [1.29, 1.82) is 0 Å². The Bertz CT molecular complexity index is 625. The highest BCUT2D eigenvalue weighted by molar-refractivity contribution is 14.0. The Labute approximate surface area is 198 Å². The monoisotopic (exact) mass is 536 g/mol. The van der Waals surface area contributed by atoms with E-state index >= 15 is 0 Å². The number of nitrogens with one attached hydrogen (secondary N) is 2. The Kier molecular flexibility index (Phi) is 13.3. The quantitative estimate of drug-likeness (QED) is 0.272. The highest BCUT2D eigenvalue weighted by Gasteiger charge is 2.20. The number of hydrogen-bond acceptors (Lipinski definition) is 4. The van der Waals surface area contributed by atoms with Gasteiger partial charge in [0.05, 0.1) is 19.3 Å². The number of ether oxygens (including phenoxy) is 2. The largest absolute Gasteiger partial charge is 0.489 e. The first-order chi connectivity index (χ1) is 14.0. The molecule has 0 spiro atoms. The topological polar surface area (TPSA) is 58.1 Å². The maximum absolute atomic E-state index is 13.3. The van der Waals surface area contributed by atoms with E-state index in [2.05, 4.69) is 41.3 Å². The Morgan fingerprint density at radius 2 is 2.00 bits per heavy atom. The van der Waals surface area contributed by atoms with Gasteiger partial charge in [0.2, 0.25) is 0 Å². The maximum atomic E-state index is 13.3. The number of nitrogens with zero attached hydrogens (tertiary/aromatic N) is 2. The average molecular weight is 536 g/mol. The van der Waals surface area contributed by atoms with E-state index in [0.29, 0.717) is 24.4 Å². The number of halogens is 2. The summed E-state index contributed by atoms with van der Waals surface area (Å²) in [6, 6.07) is 6.62. The molecule has 1 aliphatic heterocycles. The third-order valence-corrected chi connectivity index (χ3v) is 4.77. The summed E-state index contributed by atoms with van der Waals surface area (Å²) >= 11 is 0. The standard InChI is InChI=1S/C22H37FN4O2.HI/c1-5-24-22(25-16-18(4)29-21-8-6-7-19(23)15-21)26-20-9-11-27(12-10-20)13-14-28-17(2)3;/h6-8,15,17-18,20H,5,9-14,16H2,1-4H3,(H2,24,25,26);1H. The lowest BCUT2D eigenvalue weighted by Gasteiger charge is -2.33. The van der Waals surface area contributed by atoms with Crippen molar-refractivity contribution in [2.75, 3.05) is 39.3 Å². The van der Waals surface area contributed by atoms with Gasteiger partial charge in [0.15, 0.2) is 5.96 Å². The summed E-state index contributed by atoms with van der Waals surface area (Å²) in [5.74, 6) is 1.04. The molecule has 2 rings (SSSR count). The van der Waals surface area contributed by atoms with Crippen LogP contribution in [0.1, 0.15) is 40.5 Å². The molecule has 1 heterocycles. The molecule has 0 saturated carbocycles. The summed E-state index contributed by atoms with van der Waals surface area (Å²) in [5, 5.41) is 6.85. The molecule has 6 nitrogen and oxygen atoms in total. The zero-order chi connectivity index (χ0) is 21.1. The molecule has 1 aromatic rings. The molecule has 0 aliphatic carbocycles. The Hall–Kier alpha value is -1.13. The highest BCUT2D eigenvalue weighted by atomic mass is 127. The van der Waals surface area contributed by atoms with Crippen LogP contribution in [0.2, 0.25) is 0 Å². The van der Waals surface area contributed by atoms with Gasteiger partial charge in [-0.2, -0.15) is 0 Å². The number of piperidine rings is 1. The fourth-order valence-corrected chi connectivity index (χ4v) is 3.26. The molecule has 8 heteroatoms. The molecule has 1 atom stereocenters. The molecular formula is C22H38FIN4O2. The van der Waals surface area contributed by atoms with Crippen molar-refractivity contribution in [2.24, 2.45) is 4.99 Å². The first kappa shape index (κ1) is 26.9. The van der Waals surface area contributed by atoms with E-state index < -0.39 is 0 Å². The molecule has 1 aliphatic rings. The van der Waals surface area contributed by atoms with E-state index in [1.807, 2.05) is 6.92 Å². The van der Waals surface area contributed by atoms with Gasteiger partial charge in [-0.1, -0.05) is 6.07 Å². The SMILES string of the molecule is CCNC(=NCC(C)Oc1cccc(F)c1)NC1CCN(CCOC(C)C)CC1.I. The predicted molar refractivity (Wildman–Crippen MR) is 132 cm³/mol. The number of benzene rings is 1. The Balaban J connectivity index is 0.00000450. The van der Waals surface area contributed by atoms with E-state index in [1.165, 1.54) is 12.1 Å². The molecule has 172 valence electrons. The van der Waals surface area contributed by atoms with Gasteiger partial charge in [-0.15, -0.1) is 24.0 Å². The van der Waals surface area contributed by atoms with E-state index in [0.717, 1.165) is 51.6 Å². The van der Waals surface area contributed by atoms with E-state index in [9.17, 15) is 4.39 Å². The lowest BCUT2D eigenvalue weighted by Crippen LogP contribution is -2.49. The van der Waals surface area contributed by atoms with Crippen LogP contribution in [0.4, 0.5) is 4.39 Å². The van der Waals surface area contributed by atoms with Gasteiger partial charge >= 0.3 is 0 Å². The zero-order valence-corrected chi connectivity index (χ0v) is 21.0. The maximum Gasteiger partial charge on any atom is 0.191 e. The van der Waals surface area contributed by atoms with Gasteiger partial charge in [0.25, 0.3) is 0 Å². The number of rotatable bonds is 10. The van der Waals surface area contributed by atoms with Gasteiger partial charge in [-0.05, 0) is 52.7 Å². The molecular weight excluding hydrogens is 498 g/mol. The average Bonchev–Trinajstić information content (AvgIpc) is 2.67. The van der Waals surface area contributed by atoms with Crippen LogP contribution >= 0.6 is 24.0 Å². The number of likely N-dealkylation sites (tertiary alicyclic amines) is 1. The van der Waals surface area contributed by atoms with Crippen LogP contribution in [0, 0.1) is 5.82 Å². The van der Waals surface area contributed by atoms with Crippen molar-refractivity contribution in [2.45, 2.75) is 58.8 Å². The lowest BCUT2D eigenvalue weighted by atomic mass is 10.1. The second-order valence-electron chi connectivity index (χ2n) is 7.79. The lowest BCUT2D eigenvalue weighted by molar-refractivity contribution is 0.0532. The molecule has 1 unspecified atom stereocenters. The molecule has 30 heavy (non-hydrogen) atoms. The fourth-order valence-electron chi connectivity index (χ4n) is 3.26. The van der Waals surface area contributed by atoms with Crippen molar-refractivity contribution in [3.8, 4) is 5.75 Å². The molecule has 0 bridgehead atoms. The molecule has 2 N–H and O–H groups in total. The second kappa shape index (κ2) is 14.8. The molecule has 1 fully saturated rings. The minimum Gasteiger partial charge on any atom is -0.489 e. The number of guanidine groups is 1. The summed E-state index contributed by atoms with van der Waals surface area (Å²) in [6.07, 6.45) is 2.32. The summed E-state index contributed by atoms with van der Waals surface area (Å²) in [4.78, 5) is 7.11. The summed E-state index contributed by atoms with van der Waals surface area (Å²) in [7, 11) is 0. The number of hydrogen-bond donors (Lipinski definition) is 2. The van der Waals surface area contributed by atoms with Gasteiger partial charge < -0.3 is 25.0 Å². The van der Waals surface area contributed by atoms with Crippen molar-refractivity contribution in [3.05, 3.63) is 30.1 Å². The van der Waals surface area contributed by atoms with Crippen molar-refractivity contribution in [1.82, 2.24) is 15.5 Å². The van der Waals surface area contributed by atoms with E-state index in [-0.39, 0.29) is 35.9 Å². The minimum absolute atomic E-state index is 0. The zero-order valence-electron chi connectivity index (χ0n) is 18.7. The fraction of sp³-hybridized carbons (Fsp3) is 0.682. The summed E-state index contributed by atoms with van der Waals surface area (Å²) in [5.41, 5.74) is 0. The van der Waals surface area contributed by atoms with Crippen LogP contribution in [-0.4, -0.2) is 68.4 Å². The molecule has 0 radical (unpaired) electrons. The summed E-state index contributed by atoms with van der Waals surface area (Å²) in [6.45, 7) is 13.4. The first-order valence-corrected chi connectivity index (χ1v) is 10.8. The Morgan fingerprint density at radius 3 is 2.63 bits per heavy atom. The third kappa shape index (κ3) is 10.8. The molecule has 1 saturated heterocycles. The molecule has 0 amide bonds. The molecule has 0 aromatic heterocycles. The molecule has 1 aromatic carbocycles. The van der Waals surface area contributed by atoms with Gasteiger partial charge in [-0.3, -0.25) is 0 Å². The van der Waals surface area contributed by atoms with Crippen LogP contribution in [-0.2, 0) is 4.74 Å². The highest BCUT2D eigenvalue weighted by Crippen LogP contribution is 2.14. The summed E-state index contributed by atoms with van der Waals surface area (Å²) < 4.78 is 24.7. The second-order valence-corrected chi connectivity index (χ2v) is 7.79. The Morgan fingerprint density at radius 1 is 1.27 bits per heavy atom. The predicted octanol–water partition coefficient (Wildman–Crippen LogP) is 3.66. The van der Waals surface area contributed by atoms with Crippen LogP contribution in [0.15, 0.2) is 29.3 Å². The van der Waals surface area contributed by atoms with Gasteiger partial charge in [0, 0.05) is 38.3 Å². The smallest absolute Gasteiger partial charge is 0.191 e. The van der Waals surface area contributed by atoms with Gasteiger partial charge in [-0.25, -0.2) is 9.38 Å². The van der Waals surface area contributed by atoms with Crippen LogP contribution in [0.5, 0.6) is 5.75 Å². The van der Waals surface area contributed by atoms with Crippen molar-refractivity contribution in [3.63, 3.8) is 0 Å². The van der Waals surface area contributed by atoms with E-state index in [1.54, 1.807) is 12.1 Å². The van der Waals surface area contributed by atoms with Crippen molar-refractivity contribution >= 4 is 29.9 Å². The van der Waals surface area contributed by atoms with Crippen molar-refractivity contribution < 1.29 is 13.9 Å². The third-order valence-electron chi connectivity index (χ3n) is 4.77.